The molecule has 0 spiro atoms. The molecule has 2 heterocycles. The van der Waals surface area contributed by atoms with Crippen molar-refractivity contribution in [1.82, 2.24) is 25.8 Å². The molecule has 1 unspecified atom stereocenters. The van der Waals surface area contributed by atoms with Crippen molar-refractivity contribution in [3.05, 3.63) is 80.9 Å². The Hall–Kier alpha value is -6.15. The summed E-state index contributed by atoms with van der Waals surface area (Å²) in [5, 5.41) is 56.0. The molecule has 5 rings (SSSR count). The maximum Gasteiger partial charge on any atom is 0.547 e. The molecule has 0 radical (unpaired) electrons. The number of aryl methyl sites for hydroxylation is 1. The molecule has 0 saturated carbocycles. The van der Waals surface area contributed by atoms with Crippen molar-refractivity contribution in [2.45, 2.75) is 31.7 Å². The standard InChI is InChI=1S/C33H31BClF2N5O12/c1-14-11-16(4-6-20(14)43)28(46)38-7-2-8-41-9-10-42(31(49)30(41)48)33(52)40-24(17-13-19(37)25(44)26(45)23(17)35)29(47)39-21-12-15-3-5-18(36)22(32(50)51)27(15)54-34(21)53/h3-6,11,13,21,24,43-45,53H,2,7-10,12H2,1H3,(H,38,46)(H,39,47)(H,40,52)(H,50,51)/t21-,24?/m0/s1. The molecular weight excluding hydrogens is 743 g/mol. The molecule has 1 saturated heterocycles. The topological polar surface area (TPSA) is 255 Å². The number of imide groups is 1. The van der Waals surface area contributed by atoms with Crippen molar-refractivity contribution in [1.29, 1.82) is 0 Å². The number of carboxylic acid groups (broad SMARTS) is 1. The number of nitrogens with zero attached hydrogens (tertiary/aromatic N) is 2. The summed E-state index contributed by atoms with van der Waals surface area (Å²) in [5.41, 5.74) is -0.631. The number of rotatable bonds is 10. The van der Waals surface area contributed by atoms with Gasteiger partial charge in [-0.15, -0.1) is 0 Å². The van der Waals surface area contributed by atoms with Gasteiger partial charge in [0, 0.05) is 37.3 Å². The lowest BCUT2D eigenvalue weighted by molar-refractivity contribution is -0.153. The number of hydrogen-bond donors (Lipinski definition) is 8. The number of nitrogens with one attached hydrogen (secondary N) is 3. The number of aromatic hydroxyl groups is 3. The Bertz CT molecular complexity index is 2070. The fourth-order valence-corrected chi connectivity index (χ4v) is 6.05. The van der Waals surface area contributed by atoms with Gasteiger partial charge in [0.1, 0.15) is 28.9 Å². The van der Waals surface area contributed by atoms with E-state index < -0.39 is 99.8 Å². The van der Waals surface area contributed by atoms with Gasteiger partial charge in [-0.2, -0.15) is 0 Å². The predicted molar refractivity (Wildman–Crippen MR) is 182 cm³/mol. The second-order valence-electron chi connectivity index (χ2n) is 12.2. The maximum absolute atomic E-state index is 14.6. The lowest BCUT2D eigenvalue weighted by Gasteiger charge is -2.34. The van der Waals surface area contributed by atoms with Gasteiger partial charge >= 0.3 is 30.9 Å². The van der Waals surface area contributed by atoms with E-state index in [9.17, 15) is 63.0 Å². The Balaban J connectivity index is 1.27. The molecule has 2 atom stereocenters. The summed E-state index contributed by atoms with van der Waals surface area (Å²) in [5.74, 6) is -12.7. The highest BCUT2D eigenvalue weighted by Gasteiger charge is 2.42. The minimum absolute atomic E-state index is 0.0110. The summed E-state index contributed by atoms with van der Waals surface area (Å²) in [7, 11) is -1.98. The molecule has 284 valence electrons. The van der Waals surface area contributed by atoms with Crippen LogP contribution in [0.15, 0.2) is 36.4 Å². The number of amides is 6. The van der Waals surface area contributed by atoms with E-state index in [2.05, 4.69) is 16.0 Å². The van der Waals surface area contributed by atoms with E-state index in [-0.39, 0.29) is 50.3 Å². The molecule has 2 aliphatic heterocycles. The zero-order valence-electron chi connectivity index (χ0n) is 28.1. The van der Waals surface area contributed by atoms with Crippen molar-refractivity contribution in [3.8, 4) is 23.0 Å². The first-order chi connectivity index (χ1) is 25.5. The first kappa shape index (κ1) is 39.1. The third-order valence-corrected chi connectivity index (χ3v) is 9.09. The SMILES string of the molecule is Cc1cc(C(=O)NCCCN2CCN(C(=O)NC(C(=O)N[C@H]3Cc4ccc(F)c(C(=O)O)c4OB3O)c3cc(F)c(O)c(O)c3Cl)C(=O)C2=O)ccc1O. The first-order valence-corrected chi connectivity index (χ1v) is 16.5. The number of hydrogen-bond acceptors (Lipinski definition) is 11. The first-order valence-electron chi connectivity index (χ1n) is 16.1. The molecule has 0 aliphatic carbocycles. The number of aromatic carboxylic acids is 1. The van der Waals surface area contributed by atoms with Crippen molar-refractivity contribution in [2.24, 2.45) is 0 Å². The molecule has 21 heteroatoms. The van der Waals surface area contributed by atoms with E-state index in [0.717, 1.165) is 17.0 Å². The van der Waals surface area contributed by atoms with Crippen LogP contribution in [0.4, 0.5) is 13.6 Å². The van der Waals surface area contributed by atoms with Gasteiger partial charge < -0.3 is 51.0 Å². The van der Waals surface area contributed by atoms with Crippen LogP contribution < -0.4 is 20.6 Å². The normalized spacial score (nSPS) is 15.9. The predicted octanol–water partition coefficient (Wildman–Crippen LogP) is 1.12. The highest BCUT2D eigenvalue weighted by atomic mass is 35.5. The van der Waals surface area contributed by atoms with Gasteiger partial charge in [-0.1, -0.05) is 17.7 Å². The Morgan fingerprint density at radius 2 is 1.74 bits per heavy atom. The van der Waals surface area contributed by atoms with Crippen LogP contribution in [0.25, 0.3) is 0 Å². The number of carbonyl (C=O) groups excluding carboxylic acids is 5. The van der Waals surface area contributed by atoms with Crippen LogP contribution in [-0.4, -0.2) is 110 Å². The van der Waals surface area contributed by atoms with E-state index in [1.54, 1.807) is 6.92 Å². The molecule has 6 amide bonds. The molecule has 3 aromatic carbocycles. The lowest BCUT2D eigenvalue weighted by atomic mass is 9.72. The third kappa shape index (κ3) is 7.93. The number of halogens is 3. The van der Waals surface area contributed by atoms with Gasteiger partial charge in [-0.05, 0) is 61.2 Å². The summed E-state index contributed by atoms with van der Waals surface area (Å²) < 4.78 is 34.0. The number of phenols is 3. The molecular formula is C33H31BClF2N5O12. The monoisotopic (exact) mass is 773 g/mol. The number of carbonyl (C=O) groups is 6. The summed E-state index contributed by atoms with van der Waals surface area (Å²) in [6, 6.07) is 3.41. The second-order valence-corrected chi connectivity index (χ2v) is 12.6. The number of carboxylic acids is 1. The Morgan fingerprint density at radius 3 is 2.43 bits per heavy atom. The average Bonchev–Trinajstić information content (AvgIpc) is 3.12. The van der Waals surface area contributed by atoms with Gasteiger partial charge in [0.15, 0.2) is 17.3 Å². The quantitative estimate of drug-likeness (QED) is 0.0625. The van der Waals surface area contributed by atoms with Gasteiger partial charge in [0.05, 0.1) is 11.0 Å². The summed E-state index contributed by atoms with van der Waals surface area (Å²) in [6.07, 6.45) is -0.111. The minimum atomic E-state index is -2.07. The summed E-state index contributed by atoms with van der Waals surface area (Å²) >= 11 is 6.13. The molecule has 1 fully saturated rings. The van der Waals surface area contributed by atoms with Crippen molar-refractivity contribution < 1.29 is 67.7 Å². The van der Waals surface area contributed by atoms with E-state index >= 15 is 0 Å². The van der Waals surface area contributed by atoms with Crippen LogP contribution in [0.2, 0.25) is 5.02 Å². The summed E-state index contributed by atoms with van der Waals surface area (Å²) in [4.78, 5) is 78.7. The maximum atomic E-state index is 14.6. The van der Waals surface area contributed by atoms with Gasteiger partial charge in [0.25, 0.3) is 5.91 Å². The van der Waals surface area contributed by atoms with E-state index in [4.69, 9.17) is 16.3 Å². The fraction of sp³-hybridized carbons (Fsp3) is 0.273. The molecule has 0 aromatic heterocycles. The number of fused-ring (bicyclic) bond motifs is 1. The number of urea groups is 1. The number of phenolic OH excluding ortho intramolecular Hbond substituents is 3. The van der Waals surface area contributed by atoms with Crippen LogP contribution in [-0.2, 0) is 20.8 Å². The van der Waals surface area contributed by atoms with E-state index in [1.807, 2.05) is 0 Å². The smallest absolute Gasteiger partial charge is 0.534 e. The van der Waals surface area contributed by atoms with Gasteiger partial charge in [-0.3, -0.25) is 24.1 Å². The molecule has 0 bridgehead atoms. The highest BCUT2D eigenvalue weighted by molar-refractivity contribution is 6.47. The van der Waals surface area contributed by atoms with Gasteiger partial charge in [-0.25, -0.2) is 18.4 Å². The van der Waals surface area contributed by atoms with Crippen LogP contribution in [0.5, 0.6) is 23.0 Å². The van der Waals surface area contributed by atoms with E-state index in [0.29, 0.717) is 22.1 Å². The van der Waals surface area contributed by atoms with Gasteiger partial charge in [0.2, 0.25) is 5.91 Å². The molecule has 17 nitrogen and oxygen atoms in total. The van der Waals surface area contributed by atoms with Crippen LogP contribution in [0.3, 0.4) is 0 Å². The van der Waals surface area contributed by atoms with E-state index in [1.165, 1.54) is 18.2 Å². The third-order valence-electron chi connectivity index (χ3n) is 8.69. The second kappa shape index (κ2) is 15.8. The molecule has 54 heavy (non-hydrogen) atoms. The number of piperazine rings is 1. The van der Waals surface area contributed by atoms with Crippen molar-refractivity contribution in [3.63, 3.8) is 0 Å². The highest BCUT2D eigenvalue weighted by Crippen LogP contribution is 2.40. The Labute approximate surface area is 309 Å². The lowest BCUT2D eigenvalue weighted by Crippen LogP contribution is -2.60. The fourth-order valence-electron chi connectivity index (χ4n) is 5.80. The largest absolute Gasteiger partial charge is 0.547 e. The Morgan fingerprint density at radius 1 is 1.02 bits per heavy atom. The number of benzene rings is 3. The van der Waals surface area contributed by atoms with Crippen LogP contribution in [0.1, 0.15) is 49.9 Å². The minimum Gasteiger partial charge on any atom is -0.534 e. The average molecular weight is 774 g/mol. The zero-order valence-corrected chi connectivity index (χ0v) is 28.8. The summed E-state index contributed by atoms with van der Waals surface area (Å²) in [6.45, 7) is 1.22. The van der Waals surface area contributed by atoms with Crippen molar-refractivity contribution >= 4 is 54.3 Å². The molecule has 8 N–H and O–H groups in total. The zero-order chi connectivity index (χ0) is 39.6. The molecule has 3 aromatic rings. The van der Waals surface area contributed by atoms with Crippen LogP contribution >= 0.6 is 11.6 Å². The van der Waals surface area contributed by atoms with Crippen molar-refractivity contribution in [2.75, 3.05) is 26.2 Å². The molecule has 2 aliphatic rings. The van der Waals surface area contributed by atoms with Crippen LogP contribution in [0, 0.1) is 18.6 Å². The Kier molecular flexibility index (Phi) is 11.5.